The molecule has 110 valence electrons. The lowest BCUT2D eigenvalue weighted by Crippen LogP contribution is -2.42. The molecule has 1 aromatic carbocycles. The SMILES string of the molecule is COc1ccccc1CNC(=O)CN1CCC(O)CC1. The average molecular weight is 278 g/mol. The van der Waals surface area contributed by atoms with Crippen molar-refractivity contribution in [2.45, 2.75) is 25.5 Å². The van der Waals surface area contributed by atoms with Gasteiger partial charge >= 0.3 is 0 Å². The number of piperidine rings is 1. The summed E-state index contributed by atoms with van der Waals surface area (Å²) >= 11 is 0. The van der Waals surface area contributed by atoms with E-state index in [0.717, 1.165) is 37.2 Å². The zero-order valence-corrected chi connectivity index (χ0v) is 11.8. The van der Waals surface area contributed by atoms with Crippen molar-refractivity contribution in [2.75, 3.05) is 26.7 Å². The van der Waals surface area contributed by atoms with E-state index in [0.29, 0.717) is 13.1 Å². The molecule has 1 saturated heterocycles. The fraction of sp³-hybridized carbons (Fsp3) is 0.533. The summed E-state index contributed by atoms with van der Waals surface area (Å²) in [6.45, 7) is 2.42. The molecule has 0 aromatic heterocycles. The predicted molar refractivity (Wildman–Crippen MR) is 76.5 cm³/mol. The van der Waals surface area contributed by atoms with Crippen LogP contribution in [0.15, 0.2) is 24.3 Å². The molecule has 2 rings (SSSR count). The van der Waals surface area contributed by atoms with Crippen molar-refractivity contribution in [2.24, 2.45) is 0 Å². The fourth-order valence-electron chi connectivity index (χ4n) is 2.38. The lowest BCUT2D eigenvalue weighted by Gasteiger charge is -2.28. The Kier molecular flexibility index (Phi) is 5.38. The molecule has 0 aliphatic carbocycles. The number of carbonyl (C=O) groups is 1. The number of amides is 1. The molecule has 0 atom stereocenters. The summed E-state index contributed by atoms with van der Waals surface area (Å²) in [7, 11) is 1.62. The first-order valence-electron chi connectivity index (χ1n) is 6.98. The highest BCUT2D eigenvalue weighted by Crippen LogP contribution is 2.16. The van der Waals surface area contributed by atoms with Gasteiger partial charge in [0.15, 0.2) is 0 Å². The van der Waals surface area contributed by atoms with E-state index in [9.17, 15) is 9.90 Å². The van der Waals surface area contributed by atoms with E-state index >= 15 is 0 Å². The lowest BCUT2D eigenvalue weighted by molar-refractivity contribution is -0.123. The van der Waals surface area contributed by atoms with E-state index in [1.165, 1.54) is 0 Å². The molecule has 20 heavy (non-hydrogen) atoms. The van der Waals surface area contributed by atoms with Crippen LogP contribution in [0.1, 0.15) is 18.4 Å². The van der Waals surface area contributed by atoms with E-state index in [1.807, 2.05) is 24.3 Å². The summed E-state index contributed by atoms with van der Waals surface area (Å²) in [5, 5.41) is 12.3. The minimum Gasteiger partial charge on any atom is -0.496 e. The molecule has 1 aliphatic rings. The third kappa shape index (κ3) is 4.21. The van der Waals surface area contributed by atoms with Crippen LogP contribution < -0.4 is 10.1 Å². The summed E-state index contributed by atoms with van der Waals surface area (Å²) in [5.41, 5.74) is 0.970. The summed E-state index contributed by atoms with van der Waals surface area (Å²) in [6, 6.07) is 7.66. The largest absolute Gasteiger partial charge is 0.496 e. The number of benzene rings is 1. The standard InChI is InChI=1S/C15H22N2O3/c1-20-14-5-3-2-4-12(14)10-16-15(19)11-17-8-6-13(18)7-9-17/h2-5,13,18H,6-11H2,1H3,(H,16,19). The topological polar surface area (TPSA) is 61.8 Å². The molecular weight excluding hydrogens is 256 g/mol. The first kappa shape index (κ1) is 14.8. The van der Waals surface area contributed by atoms with Crippen LogP contribution in [0.5, 0.6) is 5.75 Å². The molecule has 0 radical (unpaired) electrons. The van der Waals surface area contributed by atoms with Gasteiger partial charge in [0, 0.05) is 25.2 Å². The molecule has 1 fully saturated rings. The Morgan fingerprint density at radius 3 is 2.80 bits per heavy atom. The van der Waals surface area contributed by atoms with Crippen LogP contribution in [-0.4, -0.2) is 48.8 Å². The molecule has 2 N–H and O–H groups in total. The molecule has 5 heteroatoms. The van der Waals surface area contributed by atoms with Crippen molar-refractivity contribution in [1.82, 2.24) is 10.2 Å². The van der Waals surface area contributed by atoms with Gasteiger partial charge in [-0.3, -0.25) is 9.69 Å². The molecule has 0 bridgehead atoms. The Hall–Kier alpha value is -1.59. The Morgan fingerprint density at radius 2 is 2.10 bits per heavy atom. The molecule has 0 saturated carbocycles. The van der Waals surface area contributed by atoms with Gasteiger partial charge in [-0.1, -0.05) is 18.2 Å². The van der Waals surface area contributed by atoms with Crippen molar-refractivity contribution in [3.63, 3.8) is 0 Å². The maximum absolute atomic E-state index is 11.9. The second-order valence-electron chi connectivity index (χ2n) is 5.10. The molecule has 1 amide bonds. The average Bonchev–Trinajstić information content (AvgIpc) is 2.48. The smallest absolute Gasteiger partial charge is 0.234 e. The van der Waals surface area contributed by atoms with E-state index in [4.69, 9.17) is 4.74 Å². The highest BCUT2D eigenvalue weighted by molar-refractivity contribution is 5.78. The van der Waals surface area contributed by atoms with E-state index in [-0.39, 0.29) is 12.0 Å². The number of aliphatic hydroxyl groups excluding tert-OH is 1. The number of rotatable bonds is 5. The van der Waals surface area contributed by atoms with Crippen molar-refractivity contribution >= 4 is 5.91 Å². The van der Waals surface area contributed by atoms with E-state index in [1.54, 1.807) is 7.11 Å². The molecule has 1 aliphatic heterocycles. The summed E-state index contributed by atoms with van der Waals surface area (Å²) < 4.78 is 5.25. The lowest BCUT2D eigenvalue weighted by atomic mass is 10.1. The van der Waals surface area contributed by atoms with Gasteiger partial charge in [-0.15, -0.1) is 0 Å². The van der Waals surface area contributed by atoms with Gasteiger partial charge in [0.2, 0.25) is 5.91 Å². The third-order valence-electron chi connectivity index (χ3n) is 3.59. The number of hydrogen-bond acceptors (Lipinski definition) is 4. The number of nitrogens with one attached hydrogen (secondary N) is 1. The monoisotopic (exact) mass is 278 g/mol. The number of para-hydroxylation sites is 1. The van der Waals surface area contributed by atoms with Crippen molar-refractivity contribution in [1.29, 1.82) is 0 Å². The molecule has 1 heterocycles. The maximum atomic E-state index is 11.9. The quantitative estimate of drug-likeness (QED) is 0.835. The van der Waals surface area contributed by atoms with Crippen molar-refractivity contribution < 1.29 is 14.6 Å². The number of aliphatic hydroxyl groups is 1. The van der Waals surface area contributed by atoms with Crippen LogP contribution in [0.3, 0.4) is 0 Å². The first-order chi connectivity index (χ1) is 9.69. The van der Waals surface area contributed by atoms with Gasteiger partial charge in [-0.2, -0.15) is 0 Å². The van der Waals surface area contributed by atoms with Crippen LogP contribution in [0.4, 0.5) is 0 Å². The highest BCUT2D eigenvalue weighted by Gasteiger charge is 2.18. The van der Waals surface area contributed by atoms with Crippen molar-refractivity contribution in [3.05, 3.63) is 29.8 Å². The Morgan fingerprint density at radius 1 is 1.40 bits per heavy atom. The van der Waals surface area contributed by atoms with Crippen LogP contribution in [0.25, 0.3) is 0 Å². The molecular formula is C15H22N2O3. The second-order valence-corrected chi connectivity index (χ2v) is 5.10. The van der Waals surface area contributed by atoms with Gasteiger partial charge in [0.05, 0.1) is 19.8 Å². The maximum Gasteiger partial charge on any atom is 0.234 e. The predicted octanol–water partition coefficient (Wildman–Crippen LogP) is 0.768. The van der Waals surface area contributed by atoms with E-state index < -0.39 is 0 Å². The van der Waals surface area contributed by atoms with Crippen LogP contribution in [0.2, 0.25) is 0 Å². The third-order valence-corrected chi connectivity index (χ3v) is 3.59. The first-order valence-corrected chi connectivity index (χ1v) is 6.98. The van der Waals surface area contributed by atoms with Gasteiger partial charge < -0.3 is 15.2 Å². The van der Waals surface area contributed by atoms with Crippen LogP contribution in [0, 0.1) is 0 Å². The highest BCUT2D eigenvalue weighted by atomic mass is 16.5. The van der Waals surface area contributed by atoms with E-state index in [2.05, 4.69) is 10.2 Å². The number of nitrogens with zero attached hydrogens (tertiary/aromatic N) is 1. The molecule has 5 nitrogen and oxygen atoms in total. The minimum absolute atomic E-state index is 0.00676. The van der Waals surface area contributed by atoms with Gasteiger partial charge in [0.1, 0.15) is 5.75 Å². The van der Waals surface area contributed by atoms with Crippen LogP contribution in [-0.2, 0) is 11.3 Å². The fourth-order valence-corrected chi connectivity index (χ4v) is 2.38. The Balaban J connectivity index is 1.77. The van der Waals surface area contributed by atoms with Crippen molar-refractivity contribution in [3.8, 4) is 5.75 Å². The zero-order valence-electron chi connectivity index (χ0n) is 11.8. The zero-order chi connectivity index (χ0) is 14.4. The number of likely N-dealkylation sites (tertiary alicyclic amines) is 1. The van der Waals surface area contributed by atoms with Gasteiger partial charge in [-0.05, 0) is 18.9 Å². The Labute approximate surface area is 119 Å². The summed E-state index contributed by atoms with van der Waals surface area (Å²) in [5.74, 6) is 0.793. The molecule has 0 spiro atoms. The minimum atomic E-state index is -0.206. The van der Waals surface area contributed by atoms with Gasteiger partial charge in [-0.25, -0.2) is 0 Å². The second kappa shape index (κ2) is 7.26. The van der Waals surface area contributed by atoms with Gasteiger partial charge in [0.25, 0.3) is 0 Å². The Bertz CT molecular complexity index is 442. The number of ether oxygens (including phenoxy) is 1. The summed E-state index contributed by atoms with van der Waals surface area (Å²) in [4.78, 5) is 14.0. The molecule has 1 aromatic rings. The number of methoxy groups -OCH3 is 1. The number of carbonyl (C=O) groups excluding carboxylic acids is 1. The normalized spacial score (nSPS) is 16.9. The van der Waals surface area contributed by atoms with Crippen LogP contribution >= 0.6 is 0 Å². The molecule has 0 unspecified atom stereocenters. The number of hydrogen-bond donors (Lipinski definition) is 2. The summed E-state index contributed by atoms with van der Waals surface area (Å²) in [6.07, 6.45) is 1.29.